The summed E-state index contributed by atoms with van der Waals surface area (Å²) < 4.78 is 20.5. The highest BCUT2D eigenvalue weighted by atomic mass is 16.6. The molecule has 0 bridgehead atoms. The van der Waals surface area contributed by atoms with Crippen LogP contribution >= 0.6 is 0 Å². The summed E-state index contributed by atoms with van der Waals surface area (Å²) >= 11 is 0. The SMILES string of the molecule is CCOC(=O)C1=C(C)OC(=O)NC1c1ccc(OC)c(OC)c1. The van der Waals surface area contributed by atoms with Crippen LogP contribution in [0, 0.1) is 0 Å². The maximum Gasteiger partial charge on any atom is 0.413 e. The minimum Gasteiger partial charge on any atom is -0.493 e. The Hall–Kier alpha value is -2.70. The number of allylic oxidation sites excluding steroid dienone is 1. The number of ether oxygens (including phenoxy) is 4. The van der Waals surface area contributed by atoms with Crippen LogP contribution in [-0.2, 0) is 14.3 Å². The number of nitrogens with one attached hydrogen (secondary N) is 1. The van der Waals surface area contributed by atoms with Crippen molar-refractivity contribution in [2.24, 2.45) is 0 Å². The lowest BCUT2D eigenvalue weighted by Gasteiger charge is -2.27. The van der Waals surface area contributed by atoms with E-state index in [1.165, 1.54) is 14.2 Å². The molecular weight excluding hydrogens is 302 g/mol. The Morgan fingerprint density at radius 1 is 1.26 bits per heavy atom. The second-order valence-electron chi connectivity index (χ2n) is 4.77. The van der Waals surface area contributed by atoms with Crippen molar-refractivity contribution >= 4 is 12.1 Å². The summed E-state index contributed by atoms with van der Waals surface area (Å²) in [6.45, 7) is 3.49. The third kappa shape index (κ3) is 3.39. The number of methoxy groups -OCH3 is 2. The average Bonchev–Trinajstić information content (AvgIpc) is 2.53. The zero-order valence-corrected chi connectivity index (χ0v) is 13.5. The van der Waals surface area contributed by atoms with Crippen LogP contribution in [0.5, 0.6) is 11.5 Å². The normalized spacial score (nSPS) is 17.2. The molecule has 1 amide bonds. The number of alkyl carbamates (subject to hydrolysis) is 1. The van der Waals surface area contributed by atoms with Crippen molar-refractivity contribution in [3.8, 4) is 11.5 Å². The quantitative estimate of drug-likeness (QED) is 0.838. The van der Waals surface area contributed by atoms with E-state index in [1.54, 1.807) is 32.0 Å². The minimum atomic E-state index is -0.685. The number of benzene rings is 1. The minimum absolute atomic E-state index is 0.215. The van der Waals surface area contributed by atoms with Gasteiger partial charge in [0.15, 0.2) is 11.5 Å². The molecule has 23 heavy (non-hydrogen) atoms. The number of rotatable bonds is 5. The Balaban J connectivity index is 2.47. The van der Waals surface area contributed by atoms with E-state index >= 15 is 0 Å². The fourth-order valence-electron chi connectivity index (χ4n) is 2.37. The Kier molecular flexibility index (Phi) is 5.10. The van der Waals surface area contributed by atoms with Crippen molar-refractivity contribution < 1.29 is 28.5 Å². The molecule has 124 valence electrons. The van der Waals surface area contributed by atoms with E-state index in [1.807, 2.05) is 0 Å². The molecule has 1 N–H and O–H groups in total. The molecule has 0 saturated carbocycles. The second-order valence-corrected chi connectivity index (χ2v) is 4.77. The summed E-state index contributed by atoms with van der Waals surface area (Å²) in [7, 11) is 3.04. The van der Waals surface area contributed by atoms with Crippen LogP contribution in [0.25, 0.3) is 0 Å². The van der Waals surface area contributed by atoms with Gasteiger partial charge in [-0.1, -0.05) is 6.07 Å². The smallest absolute Gasteiger partial charge is 0.413 e. The molecule has 1 unspecified atom stereocenters. The molecule has 0 fully saturated rings. The molecule has 0 aromatic heterocycles. The first kappa shape index (κ1) is 16.7. The second kappa shape index (κ2) is 7.04. The van der Waals surface area contributed by atoms with Crippen LogP contribution in [0.1, 0.15) is 25.5 Å². The van der Waals surface area contributed by atoms with Gasteiger partial charge in [-0.3, -0.25) is 0 Å². The van der Waals surface area contributed by atoms with Crippen molar-refractivity contribution in [1.82, 2.24) is 5.32 Å². The molecule has 1 heterocycles. The third-order valence-corrected chi connectivity index (χ3v) is 3.41. The standard InChI is InChI=1S/C16H19NO6/c1-5-22-15(18)13-9(2)23-16(19)17-14(13)10-6-7-11(20-3)12(8-10)21-4/h6-8,14H,5H2,1-4H3,(H,17,19). The number of carbonyl (C=O) groups excluding carboxylic acids is 2. The van der Waals surface area contributed by atoms with Crippen molar-refractivity contribution in [3.63, 3.8) is 0 Å². The van der Waals surface area contributed by atoms with Gasteiger partial charge >= 0.3 is 12.1 Å². The summed E-state index contributed by atoms with van der Waals surface area (Å²) in [5.41, 5.74) is 0.903. The molecule has 0 radical (unpaired) electrons. The largest absolute Gasteiger partial charge is 0.493 e. The number of cyclic esters (lactones) is 1. The van der Waals surface area contributed by atoms with E-state index in [2.05, 4.69) is 5.32 Å². The van der Waals surface area contributed by atoms with E-state index in [0.29, 0.717) is 17.1 Å². The monoisotopic (exact) mass is 321 g/mol. The topological polar surface area (TPSA) is 83.1 Å². The third-order valence-electron chi connectivity index (χ3n) is 3.41. The van der Waals surface area contributed by atoms with Crippen LogP contribution < -0.4 is 14.8 Å². The van der Waals surface area contributed by atoms with Gasteiger partial charge in [0.25, 0.3) is 0 Å². The zero-order chi connectivity index (χ0) is 17.0. The van der Waals surface area contributed by atoms with E-state index in [-0.39, 0.29) is 17.9 Å². The predicted molar refractivity (Wildman–Crippen MR) is 81.2 cm³/mol. The van der Waals surface area contributed by atoms with Crippen molar-refractivity contribution in [3.05, 3.63) is 35.1 Å². The molecule has 1 aromatic carbocycles. The van der Waals surface area contributed by atoms with E-state index < -0.39 is 18.1 Å². The highest BCUT2D eigenvalue weighted by Gasteiger charge is 2.34. The number of esters is 1. The van der Waals surface area contributed by atoms with Gasteiger partial charge in [0.1, 0.15) is 11.3 Å². The summed E-state index contributed by atoms with van der Waals surface area (Å²) in [5.74, 6) is 0.719. The van der Waals surface area contributed by atoms with Crippen molar-refractivity contribution in [2.75, 3.05) is 20.8 Å². The van der Waals surface area contributed by atoms with E-state index in [0.717, 1.165) is 0 Å². The highest BCUT2D eigenvalue weighted by Crippen LogP contribution is 2.35. The molecular formula is C16H19NO6. The summed E-state index contributed by atoms with van der Waals surface area (Å²) in [6, 6.07) is 4.45. The maximum absolute atomic E-state index is 12.2. The van der Waals surface area contributed by atoms with E-state index in [9.17, 15) is 9.59 Å². The van der Waals surface area contributed by atoms with Gasteiger partial charge in [-0.2, -0.15) is 0 Å². The lowest BCUT2D eigenvalue weighted by Crippen LogP contribution is -2.38. The van der Waals surface area contributed by atoms with Gasteiger partial charge < -0.3 is 24.3 Å². The Morgan fingerprint density at radius 2 is 1.96 bits per heavy atom. The first-order valence-corrected chi connectivity index (χ1v) is 7.10. The van der Waals surface area contributed by atoms with Gasteiger partial charge in [-0.05, 0) is 31.5 Å². The number of amides is 1. The fourth-order valence-corrected chi connectivity index (χ4v) is 2.37. The number of hydrogen-bond acceptors (Lipinski definition) is 6. The predicted octanol–water partition coefficient (Wildman–Crippen LogP) is 2.32. The molecule has 0 spiro atoms. The van der Waals surface area contributed by atoms with Crippen LogP contribution in [0.2, 0.25) is 0 Å². The lowest BCUT2D eigenvalue weighted by atomic mass is 9.96. The molecule has 7 nitrogen and oxygen atoms in total. The molecule has 0 saturated heterocycles. The number of carbonyl (C=O) groups is 2. The fraction of sp³-hybridized carbons (Fsp3) is 0.375. The summed E-state index contributed by atoms with van der Waals surface area (Å²) in [5, 5.41) is 2.63. The average molecular weight is 321 g/mol. The van der Waals surface area contributed by atoms with Crippen molar-refractivity contribution in [2.45, 2.75) is 19.9 Å². The molecule has 7 heteroatoms. The van der Waals surface area contributed by atoms with Gasteiger partial charge in [0, 0.05) is 0 Å². The van der Waals surface area contributed by atoms with Gasteiger partial charge in [0.2, 0.25) is 0 Å². The van der Waals surface area contributed by atoms with Crippen molar-refractivity contribution in [1.29, 1.82) is 0 Å². The lowest BCUT2D eigenvalue weighted by molar-refractivity contribution is -0.139. The van der Waals surface area contributed by atoms with E-state index in [4.69, 9.17) is 18.9 Å². The van der Waals surface area contributed by atoms with Gasteiger partial charge in [-0.25, -0.2) is 9.59 Å². The summed E-state index contributed by atoms with van der Waals surface area (Å²) in [4.78, 5) is 23.9. The molecule has 1 aliphatic heterocycles. The molecule has 1 aliphatic rings. The first-order valence-electron chi connectivity index (χ1n) is 7.10. The van der Waals surface area contributed by atoms with Crippen LogP contribution in [0.3, 0.4) is 0 Å². The van der Waals surface area contributed by atoms with Gasteiger partial charge in [-0.15, -0.1) is 0 Å². The number of hydrogen-bond donors (Lipinski definition) is 1. The Labute approximate surface area is 134 Å². The molecule has 1 atom stereocenters. The Bertz CT molecular complexity index is 652. The highest BCUT2D eigenvalue weighted by molar-refractivity contribution is 5.93. The molecule has 2 rings (SSSR count). The first-order chi connectivity index (χ1) is 11.0. The van der Waals surface area contributed by atoms with Crippen LogP contribution in [-0.4, -0.2) is 32.9 Å². The zero-order valence-electron chi connectivity index (χ0n) is 13.5. The van der Waals surface area contributed by atoms with Gasteiger partial charge in [0.05, 0.1) is 26.9 Å². The molecule has 1 aromatic rings. The van der Waals surface area contributed by atoms with Crippen LogP contribution in [0.4, 0.5) is 4.79 Å². The Morgan fingerprint density at radius 3 is 2.57 bits per heavy atom. The van der Waals surface area contributed by atoms with Crippen LogP contribution in [0.15, 0.2) is 29.5 Å². The summed E-state index contributed by atoms with van der Waals surface area (Å²) in [6.07, 6.45) is -0.629. The maximum atomic E-state index is 12.2. The molecule has 0 aliphatic carbocycles.